The summed E-state index contributed by atoms with van der Waals surface area (Å²) in [5.74, 6) is 0. The van der Waals surface area contributed by atoms with Crippen molar-refractivity contribution in [1.82, 2.24) is 15.0 Å². The van der Waals surface area contributed by atoms with Crippen molar-refractivity contribution in [2.75, 3.05) is 11.4 Å². The SMILES string of the molecule is O=c1ccc2cc(N3CCc4ncccc4C3)c(-c3ccccc3)nc2[nH]1. The van der Waals surface area contributed by atoms with E-state index in [1.54, 1.807) is 6.07 Å². The summed E-state index contributed by atoms with van der Waals surface area (Å²) in [6, 6.07) is 19.8. The zero-order chi connectivity index (χ0) is 18.2. The molecule has 5 rings (SSSR count). The van der Waals surface area contributed by atoms with Gasteiger partial charge in [0.25, 0.3) is 0 Å². The fourth-order valence-electron chi connectivity index (χ4n) is 3.69. The van der Waals surface area contributed by atoms with Crippen molar-refractivity contribution in [2.45, 2.75) is 13.0 Å². The Morgan fingerprint density at radius 1 is 1.00 bits per heavy atom. The van der Waals surface area contributed by atoms with Gasteiger partial charge in [0, 0.05) is 48.4 Å². The van der Waals surface area contributed by atoms with Crippen LogP contribution in [0.5, 0.6) is 0 Å². The lowest BCUT2D eigenvalue weighted by molar-refractivity contribution is 0.712. The van der Waals surface area contributed by atoms with Crippen LogP contribution < -0.4 is 10.5 Å². The van der Waals surface area contributed by atoms with Gasteiger partial charge in [-0.15, -0.1) is 0 Å². The highest BCUT2D eigenvalue weighted by molar-refractivity contribution is 5.87. The predicted molar refractivity (Wildman–Crippen MR) is 107 cm³/mol. The molecule has 27 heavy (non-hydrogen) atoms. The van der Waals surface area contributed by atoms with Crippen molar-refractivity contribution in [3.63, 3.8) is 0 Å². The minimum Gasteiger partial charge on any atom is -0.365 e. The van der Waals surface area contributed by atoms with Crippen LogP contribution in [0.15, 0.2) is 71.7 Å². The van der Waals surface area contributed by atoms with E-state index in [9.17, 15) is 4.79 Å². The molecule has 0 atom stereocenters. The second-order valence-corrected chi connectivity index (χ2v) is 6.76. The summed E-state index contributed by atoms with van der Waals surface area (Å²) in [5, 5.41) is 0.932. The lowest BCUT2D eigenvalue weighted by atomic mass is 10.0. The molecule has 0 amide bonds. The number of anilines is 1. The summed E-state index contributed by atoms with van der Waals surface area (Å²) < 4.78 is 0. The highest BCUT2D eigenvalue weighted by atomic mass is 16.1. The molecule has 0 aliphatic carbocycles. The van der Waals surface area contributed by atoms with Gasteiger partial charge in [0.2, 0.25) is 5.56 Å². The Morgan fingerprint density at radius 2 is 1.89 bits per heavy atom. The number of aromatic amines is 1. The topological polar surface area (TPSA) is 61.9 Å². The van der Waals surface area contributed by atoms with Crippen LogP contribution in [0.3, 0.4) is 0 Å². The highest BCUT2D eigenvalue weighted by Gasteiger charge is 2.21. The van der Waals surface area contributed by atoms with Crippen molar-refractivity contribution in [2.24, 2.45) is 0 Å². The number of benzene rings is 1. The van der Waals surface area contributed by atoms with Crippen LogP contribution in [-0.2, 0) is 13.0 Å². The van der Waals surface area contributed by atoms with E-state index in [0.29, 0.717) is 5.65 Å². The monoisotopic (exact) mass is 354 g/mol. The molecule has 1 N–H and O–H groups in total. The minimum absolute atomic E-state index is 0.139. The maximum Gasteiger partial charge on any atom is 0.249 e. The third-order valence-corrected chi connectivity index (χ3v) is 5.04. The normalized spacial score (nSPS) is 13.6. The molecule has 132 valence electrons. The fourth-order valence-corrected chi connectivity index (χ4v) is 3.69. The Bertz CT molecular complexity index is 1180. The van der Waals surface area contributed by atoms with Gasteiger partial charge in [-0.3, -0.25) is 9.78 Å². The van der Waals surface area contributed by atoms with Crippen LogP contribution in [-0.4, -0.2) is 21.5 Å². The standard InChI is InChI=1S/C22H18N4O/c27-20-9-8-16-13-19(26-12-10-18-17(14-26)7-4-11-23-18)21(25-22(16)24-20)15-5-2-1-3-6-15/h1-9,11,13H,10,12,14H2,(H,24,25,27). The number of H-pyrrole nitrogens is 1. The van der Waals surface area contributed by atoms with Gasteiger partial charge < -0.3 is 9.88 Å². The lowest BCUT2D eigenvalue weighted by Gasteiger charge is -2.31. The minimum atomic E-state index is -0.139. The molecule has 1 aliphatic rings. The van der Waals surface area contributed by atoms with Gasteiger partial charge >= 0.3 is 0 Å². The van der Waals surface area contributed by atoms with E-state index >= 15 is 0 Å². The van der Waals surface area contributed by atoms with Crippen LogP contribution in [0, 0.1) is 0 Å². The van der Waals surface area contributed by atoms with Gasteiger partial charge in [-0.05, 0) is 23.8 Å². The fraction of sp³-hybridized carbons (Fsp3) is 0.136. The molecular weight excluding hydrogens is 336 g/mol. The van der Waals surface area contributed by atoms with Crippen LogP contribution >= 0.6 is 0 Å². The van der Waals surface area contributed by atoms with E-state index in [2.05, 4.69) is 39.1 Å². The zero-order valence-electron chi connectivity index (χ0n) is 14.7. The first-order chi connectivity index (χ1) is 13.3. The van der Waals surface area contributed by atoms with Crippen molar-refractivity contribution in [3.05, 3.63) is 88.5 Å². The number of nitrogens with zero attached hydrogens (tertiary/aromatic N) is 3. The van der Waals surface area contributed by atoms with E-state index < -0.39 is 0 Å². The Hall–Kier alpha value is -3.47. The van der Waals surface area contributed by atoms with Crippen LogP contribution in [0.4, 0.5) is 5.69 Å². The molecule has 4 aromatic rings. The third-order valence-electron chi connectivity index (χ3n) is 5.04. The number of nitrogens with one attached hydrogen (secondary N) is 1. The first-order valence-corrected chi connectivity index (χ1v) is 9.05. The Labute approximate surface area is 156 Å². The molecule has 0 saturated heterocycles. The zero-order valence-corrected chi connectivity index (χ0v) is 14.7. The molecule has 0 radical (unpaired) electrons. The molecular formula is C22H18N4O. The molecule has 1 aliphatic heterocycles. The average Bonchev–Trinajstić information content (AvgIpc) is 2.73. The van der Waals surface area contributed by atoms with Crippen molar-refractivity contribution in [1.29, 1.82) is 0 Å². The second-order valence-electron chi connectivity index (χ2n) is 6.76. The van der Waals surface area contributed by atoms with Crippen molar-refractivity contribution in [3.8, 4) is 11.3 Å². The summed E-state index contributed by atoms with van der Waals surface area (Å²) in [7, 11) is 0. The quantitative estimate of drug-likeness (QED) is 0.598. The average molecular weight is 354 g/mol. The smallest absolute Gasteiger partial charge is 0.249 e. The van der Waals surface area contributed by atoms with E-state index in [0.717, 1.165) is 41.8 Å². The maximum absolute atomic E-state index is 11.7. The number of hydrogen-bond donors (Lipinski definition) is 1. The van der Waals surface area contributed by atoms with E-state index in [-0.39, 0.29) is 5.56 Å². The first-order valence-electron chi connectivity index (χ1n) is 9.05. The maximum atomic E-state index is 11.7. The lowest BCUT2D eigenvalue weighted by Crippen LogP contribution is -2.31. The molecule has 0 spiro atoms. The molecule has 0 fully saturated rings. The summed E-state index contributed by atoms with van der Waals surface area (Å²) in [6.07, 6.45) is 2.77. The van der Waals surface area contributed by atoms with Crippen LogP contribution in [0.1, 0.15) is 11.3 Å². The third kappa shape index (κ3) is 2.87. The van der Waals surface area contributed by atoms with Crippen LogP contribution in [0.25, 0.3) is 22.3 Å². The summed E-state index contributed by atoms with van der Waals surface area (Å²) in [4.78, 5) is 26.3. The molecule has 5 heteroatoms. The number of fused-ring (bicyclic) bond motifs is 2. The van der Waals surface area contributed by atoms with Gasteiger partial charge in [0.05, 0.1) is 11.4 Å². The molecule has 3 aromatic heterocycles. The Morgan fingerprint density at radius 3 is 2.78 bits per heavy atom. The number of rotatable bonds is 2. The summed E-state index contributed by atoms with van der Waals surface area (Å²) in [6.45, 7) is 1.69. The summed E-state index contributed by atoms with van der Waals surface area (Å²) >= 11 is 0. The Balaban J connectivity index is 1.69. The molecule has 4 heterocycles. The predicted octanol–water partition coefficient (Wildman–Crippen LogP) is 3.55. The molecule has 0 unspecified atom stereocenters. The molecule has 5 nitrogen and oxygen atoms in total. The van der Waals surface area contributed by atoms with Crippen molar-refractivity contribution < 1.29 is 0 Å². The molecule has 0 saturated carbocycles. The second kappa shape index (κ2) is 6.36. The van der Waals surface area contributed by atoms with Gasteiger partial charge in [0.1, 0.15) is 5.65 Å². The highest BCUT2D eigenvalue weighted by Crippen LogP contribution is 2.34. The van der Waals surface area contributed by atoms with E-state index in [4.69, 9.17) is 4.98 Å². The first kappa shape index (κ1) is 15.8. The van der Waals surface area contributed by atoms with Gasteiger partial charge in [-0.2, -0.15) is 0 Å². The largest absolute Gasteiger partial charge is 0.365 e. The van der Waals surface area contributed by atoms with E-state index in [1.807, 2.05) is 36.5 Å². The summed E-state index contributed by atoms with van der Waals surface area (Å²) in [5.41, 5.74) is 5.91. The number of hydrogen-bond acceptors (Lipinski definition) is 4. The van der Waals surface area contributed by atoms with Gasteiger partial charge in [-0.1, -0.05) is 36.4 Å². The van der Waals surface area contributed by atoms with E-state index in [1.165, 1.54) is 11.3 Å². The van der Waals surface area contributed by atoms with Crippen LogP contribution in [0.2, 0.25) is 0 Å². The van der Waals surface area contributed by atoms with Gasteiger partial charge in [0.15, 0.2) is 0 Å². The number of aromatic nitrogens is 3. The molecule has 0 bridgehead atoms. The molecule has 1 aromatic carbocycles. The van der Waals surface area contributed by atoms with Gasteiger partial charge in [-0.25, -0.2) is 4.98 Å². The Kier molecular flexibility index (Phi) is 3.71. The van der Waals surface area contributed by atoms with Crippen molar-refractivity contribution >= 4 is 16.7 Å². The number of pyridine rings is 3.